The number of hydrogen-bond acceptors (Lipinski definition) is 4. The highest BCUT2D eigenvalue weighted by atomic mass is 35.5. The third-order valence-corrected chi connectivity index (χ3v) is 6.36. The van der Waals surface area contributed by atoms with E-state index in [4.69, 9.17) is 4.74 Å². The van der Waals surface area contributed by atoms with Crippen LogP contribution < -0.4 is 10.6 Å². The largest absolute Gasteiger partial charge is 0.374 e. The number of benzene rings is 1. The molecule has 1 aliphatic carbocycles. The molecule has 2 aromatic rings. The van der Waals surface area contributed by atoms with Gasteiger partial charge >= 0.3 is 0 Å². The van der Waals surface area contributed by atoms with Crippen LogP contribution >= 0.6 is 12.4 Å². The summed E-state index contributed by atoms with van der Waals surface area (Å²) >= 11 is 0. The predicted molar refractivity (Wildman–Crippen MR) is 121 cm³/mol. The molecular weight excluding hydrogens is 400 g/mol. The number of nitrogens with zero attached hydrogens (tertiary/aromatic N) is 2. The van der Waals surface area contributed by atoms with E-state index in [9.17, 15) is 4.79 Å². The van der Waals surface area contributed by atoms with Crippen LogP contribution in [0.3, 0.4) is 0 Å². The number of rotatable bonds is 6. The van der Waals surface area contributed by atoms with E-state index in [1.54, 1.807) is 6.20 Å². The van der Waals surface area contributed by atoms with Crippen molar-refractivity contribution in [3.8, 4) is 0 Å². The van der Waals surface area contributed by atoms with E-state index in [0.717, 1.165) is 55.9 Å². The number of halogens is 1. The summed E-state index contributed by atoms with van der Waals surface area (Å²) in [5.41, 5.74) is 1.28. The molecule has 1 saturated heterocycles. The van der Waals surface area contributed by atoms with Gasteiger partial charge in [0, 0.05) is 18.1 Å². The van der Waals surface area contributed by atoms with Gasteiger partial charge in [-0.2, -0.15) is 5.10 Å². The Kier molecular flexibility index (Phi) is 7.92. The van der Waals surface area contributed by atoms with Crippen molar-refractivity contribution in [2.45, 2.75) is 63.7 Å². The standard InChI is InChI=1S/C23H32N4O2.ClH/c1-18-5-2-8-21(15-18)29-17-19-6-3-7-20(16-19)26-22(28)23(9-12-24-13-10-23)27-14-4-11-25-27;/h3-4,6-7,11,14,16,18,21,24H,2,5,8-10,12-13,15,17H2,1H3,(H,26,28);1H. The summed E-state index contributed by atoms with van der Waals surface area (Å²) < 4.78 is 7.98. The molecule has 2 fully saturated rings. The number of carbonyl (C=O) groups is 1. The topological polar surface area (TPSA) is 68.2 Å². The second kappa shape index (κ2) is 10.4. The highest BCUT2D eigenvalue weighted by Gasteiger charge is 2.42. The van der Waals surface area contributed by atoms with Crippen LogP contribution in [0.4, 0.5) is 5.69 Å². The van der Waals surface area contributed by atoms with Crippen LogP contribution in [0.25, 0.3) is 0 Å². The van der Waals surface area contributed by atoms with Gasteiger partial charge in [0.05, 0.1) is 12.7 Å². The molecule has 1 aromatic carbocycles. The number of carbonyl (C=O) groups excluding carboxylic acids is 1. The van der Waals surface area contributed by atoms with E-state index >= 15 is 0 Å². The molecule has 1 aromatic heterocycles. The molecule has 164 valence electrons. The third-order valence-electron chi connectivity index (χ3n) is 6.36. The first kappa shape index (κ1) is 22.8. The maximum absolute atomic E-state index is 13.3. The Balaban J connectivity index is 0.00000256. The molecule has 2 N–H and O–H groups in total. The van der Waals surface area contributed by atoms with Gasteiger partial charge in [0.25, 0.3) is 5.91 Å². The lowest BCUT2D eigenvalue weighted by Gasteiger charge is -2.36. The van der Waals surface area contributed by atoms with Crippen LogP contribution in [0.2, 0.25) is 0 Å². The van der Waals surface area contributed by atoms with Gasteiger partial charge in [0.1, 0.15) is 5.54 Å². The molecule has 7 heteroatoms. The van der Waals surface area contributed by atoms with Gasteiger partial charge in [0.2, 0.25) is 0 Å². The molecule has 1 aliphatic heterocycles. The molecule has 2 atom stereocenters. The summed E-state index contributed by atoms with van der Waals surface area (Å²) in [6, 6.07) is 9.90. The van der Waals surface area contributed by atoms with Crippen molar-refractivity contribution < 1.29 is 9.53 Å². The van der Waals surface area contributed by atoms with Gasteiger partial charge in [-0.1, -0.05) is 31.9 Å². The summed E-state index contributed by atoms with van der Waals surface area (Å²) in [7, 11) is 0. The summed E-state index contributed by atoms with van der Waals surface area (Å²) in [5.74, 6) is 0.754. The number of aromatic nitrogens is 2. The lowest BCUT2D eigenvalue weighted by atomic mass is 9.87. The Morgan fingerprint density at radius 1 is 1.30 bits per heavy atom. The Bertz CT molecular complexity index is 805. The molecule has 2 unspecified atom stereocenters. The van der Waals surface area contributed by atoms with Gasteiger partial charge in [-0.25, -0.2) is 0 Å². The van der Waals surface area contributed by atoms with Crippen molar-refractivity contribution in [3.63, 3.8) is 0 Å². The van der Waals surface area contributed by atoms with E-state index in [0.29, 0.717) is 12.7 Å². The van der Waals surface area contributed by atoms with Gasteiger partial charge in [0.15, 0.2) is 0 Å². The fraction of sp³-hybridized carbons (Fsp3) is 0.565. The SMILES string of the molecule is CC1CCCC(OCc2cccc(NC(=O)C3(n4cccn4)CCNCC3)c2)C1.Cl. The lowest BCUT2D eigenvalue weighted by molar-refractivity contribution is -0.126. The van der Waals surface area contributed by atoms with E-state index in [1.165, 1.54) is 12.8 Å². The Hall–Kier alpha value is -1.89. The zero-order valence-corrected chi connectivity index (χ0v) is 18.5. The normalized spacial score (nSPS) is 23.4. The van der Waals surface area contributed by atoms with Crippen LogP contribution in [-0.4, -0.2) is 34.9 Å². The van der Waals surface area contributed by atoms with Crippen LogP contribution in [0, 0.1) is 5.92 Å². The van der Waals surface area contributed by atoms with Gasteiger partial charge in [-0.05, 0) is 68.5 Å². The Morgan fingerprint density at radius 2 is 2.13 bits per heavy atom. The van der Waals surface area contributed by atoms with E-state index < -0.39 is 5.54 Å². The number of anilines is 1. The van der Waals surface area contributed by atoms with Crippen molar-refractivity contribution in [1.29, 1.82) is 0 Å². The summed E-state index contributed by atoms with van der Waals surface area (Å²) in [6.45, 7) is 4.51. The second-order valence-electron chi connectivity index (χ2n) is 8.59. The second-order valence-corrected chi connectivity index (χ2v) is 8.59. The maximum atomic E-state index is 13.3. The molecule has 0 bridgehead atoms. The number of ether oxygens (including phenoxy) is 1. The predicted octanol–water partition coefficient (Wildman–Crippen LogP) is 4.12. The minimum Gasteiger partial charge on any atom is -0.374 e. The van der Waals surface area contributed by atoms with E-state index in [-0.39, 0.29) is 18.3 Å². The van der Waals surface area contributed by atoms with E-state index in [2.05, 4.69) is 28.7 Å². The molecule has 0 spiro atoms. The zero-order valence-electron chi connectivity index (χ0n) is 17.7. The average Bonchev–Trinajstić information content (AvgIpc) is 3.29. The minimum atomic E-state index is -0.639. The smallest absolute Gasteiger partial charge is 0.252 e. The van der Waals surface area contributed by atoms with E-state index in [1.807, 2.05) is 35.1 Å². The maximum Gasteiger partial charge on any atom is 0.252 e. The van der Waals surface area contributed by atoms with Crippen LogP contribution in [-0.2, 0) is 21.7 Å². The number of piperidine rings is 1. The summed E-state index contributed by atoms with van der Waals surface area (Å²) in [4.78, 5) is 13.3. The molecule has 2 aliphatic rings. The molecule has 1 amide bonds. The average molecular weight is 433 g/mol. The van der Waals surface area contributed by atoms with Crippen molar-refractivity contribution in [3.05, 3.63) is 48.3 Å². The Morgan fingerprint density at radius 3 is 2.87 bits per heavy atom. The van der Waals surface area contributed by atoms with Crippen molar-refractivity contribution in [2.75, 3.05) is 18.4 Å². The molecule has 1 saturated carbocycles. The first-order valence-electron chi connectivity index (χ1n) is 10.9. The van der Waals surface area contributed by atoms with Gasteiger partial charge < -0.3 is 15.4 Å². The monoisotopic (exact) mass is 432 g/mol. The van der Waals surface area contributed by atoms with Gasteiger partial charge in [-0.15, -0.1) is 12.4 Å². The van der Waals surface area contributed by atoms with Crippen molar-refractivity contribution in [1.82, 2.24) is 15.1 Å². The lowest BCUT2D eigenvalue weighted by Crippen LogP contribution is -2.52. The number of amides is 1. The molecule has 30 heavy (non-hydrogen) atoms. The van der Waals surface area contributed by atoms with Crippen molar-refractivity contribution in [2.24, 2.45) is 5.92 Å². The zero-order chi connectivity index (χ0) is 20.1. The molecule has 0 radical (unpaired) electrons. The van der Waals surface area contributed by atoms with Crippen LogP contribution in [0.15, 0.2) is 42.7 Å². The highest BCUT2D eigenvalue weighted by Crippen LogP contribution is 2.29. The molecule has 6 nitrogen and oxygen atoms in total. The quantitative estimate of drug-likeness (QED) is 0.720. The molecule has 2 heterocycles. The van der Waals surface area contributed by atoms with Gasteiger partial charge in [-0.3, -0.25) is 9.48 Å². The number of nitrogens with one attached hydrogen (secondary N) is 2. The molecule has 4 rings (SSSR count). The fourth-order valence-electron chi connectivity index (χ4n) is 4.65. The third kappa shape index (κ3) is 5.23. The Labute approximate surface area is 185 Å². The first-order valence-corrected chi connectivity index (χ1v) is 10.9. The first-order chi connectivity index (χ1) is 14.2. The molecular formula is C23H33ClN4O2. The van der Waals surface area contributed by atoms with Crippen LogP contribution in [0.5, 0.6) is 0 Å². The fourth-order valence-corrected chi connectivity index (χ4v) is 4.65. The highest BCUT2D eigenvalue weighted by molar-refractivity contribution is 5.96. The summed E-state index contributed by atoms with van der Waals surface area (Å²) in [6.07, 6.45) is 10.3. The van der Waals surface area contributed by atoms with Crippen LogP contribution in [0.1, 0.15) is 51.0 Å². The van der Waals surface area contributed by atoms with Crippen molar-refractivity contribution >= 4 is 24.0 Å². The number of hydrogen-bond donors (Lipinski definition) is 2. The minimum absolute atomic E-state index is 0. The summed E-state index contributed by atoms with van der Waals surface area (Å²) in [5, 5.41) is 10.9.